The van der Waals surface area contributed by atoms with Gasteiger partial charge in [-0.2, -0.15) is 0 Å². The Kier molecular flexibility index (Phi) is 0.872. The van der Waals surface area contributed by atoms with E-state index in [0.29, 0.717) is 0 Å². The van der Waals surface area contributed by atoms with Crippen LogP contribution in [0.25, 0.3) is 0 Å². The van der Waals surface area contributed by atoms with Crippen molar-refractivity contribution in [1.82, 2.24) is 0 Å². The molecular formula is C5H7NO. The molecule has 0 spiro atoms. The van der Waals surface area contributed by atoms with Crippen molar-refractivity contribution in [1.29, 1.82) is 0 Å². The Morgan fingerprint density at radius 2 is 2.43 bits per heavy atom. The molecule has 0 saturated carbocycles. The molecule has 0 aliphatic heterocycles. The van der Waals surface area contributed by atoms with Gasteiger partial charge in [0, 0.05) is 6.04 Å². The molecule has 7 heavy (non-hydrogen) atoms. The van der Waals surface area contributed by atoms with E-state index in [0.717, 1.165) is 0 Å². The largest absolute Gasteiger partial charge is 0.508 e. The third-order valence-electron chi connectivity index (χ3n) is 0.852. The monoisotopic (exact) mass is 97.1 g/mol. The number of rotatable bonds is 0. The molecule has 0 heterocycles. The third kappa shape index (κ3) is 0.810. The lowest BCUT2D eigenvalue weighted by Gasteiger charge is -1.86. The van der Waals surface area contributed by atoms with Crippen LogP contribution in [-0.2, 0) is 0 Å². The van der Waals surface area contributed by atoms with Crippen molar-refractivity contribution < 1.29 is 5.11 Å². The Morgan fingerprint density at radius 1 is 1.71 bits per heavy atom. The van der Waals surface area contributed by atoms with Crippen molar-refractivity contribution in [2.75, 3.05) is 0 Å². The minimum Gasteiger partial charge on any atom is -0.508 e. The lowest BCUT2D eigenvalue weighted by Crippen LogP contribution is -2.10. The van der Waals surface area contributed by atoms with Gasteiger partial charge in [-0.1, -0.05) is 6.08 Å². The molecule has 3 N–H and O–H groups in total. The van der Waals surface area contributed by atoms with Crippen LogP contribution >= 0.6 is 0 Å². The Balaban J connectivity index is 2.69. The van der Waals surface area contributed by atoms with Crippen LogP contribution in [0.4, 0.5) is 0 Å². The SMILES string of the molecule is NC1C=CC(O)=C1. The summed E-state index contributed by atoms with van der Waals surface area (Å²) >= 11 is 0. The van der Waals surface area contributed by atoms with Crippen LogP contribution in [0.2, 0.25) is 0 Å². The fourth-order valence-electron chi connectivity index (χ4n) is 0.518. The number of aliphatic hydroxyl groups is 1. The maximum absolute atomic E-state index is 8.59. The molecule has 1 aliphatic carbocycles. The van der Waals surface area contributed by atoms with E-state index in [1.807, 2.05) is 0 Å². The molecule has 0 aromatic heterocycles. The highest BCUT2D eigenvalue weighted by Crippen LogP contribution is 2.02. The molecule has 1 atom stereocenters. The van der Waals surface area contributed by atoms with Crippen molar-refractivity contribution in [2.45, 2.75) is 6.04 Å². The van der Waals surface area contributed by atoms with E-state index in [2.05, 4.69) is 0 Å². The summed E-state index contributed by atoms with van der Waals surface area (Å²) in [5.74, 6) is 0.271. The quantitative estimate of drug-likeness (QED) is 0.457. The zero-order valence-electron chi connectivity index (χ0n) is 3.83. The average molecular weight is 97.1 g/mol. The molecule has 0 radical (unpaired) electrons. The van der Waals surface area contributed by atoms with Crippen LogP contribution in [-0.4, -0.2) is 11.1 Å². The Bertz CT molecular complexity index is 126. The van der Waals surface area contributed by atoms with Crippen molar-refractivity contribution in [3.05, 3.63) is 24.0 Å². The lowest BCUT2D eigenvalue weighted by molar-refractivity contribution is 0.433. The van der Waals surface area contributed by atoms with Crippen molar-refractivity contribution in [2.24, 2.45) is 5.73 Å². The first-order chi connectivity index (χ1) is 3.29. The number of aliphatic hydroxyl groups excluding tert-OH is 1. The molecule has 0 fully saturated rings. The van der Waals surface area contributed by atoms with E-state index in [4.69, 9.17) is 10.8 Å². The van der Waals surface area contributed by atoms with E-state index < -0.39 is 0 Å². The van der Waals surface area contributed by atoms with Gasteiger partial charge in [0.25, 0.3) is 0 Å². The van der Waals surface area contributed by atoms with E-state index >= 15 is 0 Å². The number of nitrogens with two attached hydrogens (primary N) is 1. The number of hydrogen-bond acceptors (Lipinski definition) is 2. The molecule has 1 aliphatic rings. The van der Waals surface area contributed by atoms with Gasteiger partial charge in [-0.3, -0.25) is 0 Å². The number of allylic oxidation sites excluding steroid dienone is 1. The Labute approximate surface area is 41.9 Å². The van der Waals surface area contributed by atoms with Gasteiger partial charge >= 0.3 is 0 Å². The molecule has 1 unspecified atom stereocenters. The normalized spacial score (nSPS) is 28.1. The lowest BCUT2D eigenvalue weighted by atomic mass is 10.4. The predicted octanol–water partition coefficient (Wildman–Crippen LogP) is 0.325. The van der Waals surface area contributed by atoms with E-state index in [1.165, 1.54) is 0 Å². The molecule has 2 heteroatoms. The Morgan fingerprint density at radius 3 is 2.57 bits per heavy atom. The molecule has 0 bridgehead atoms. The first kappa shape index (κ1) is 4.40. The van der Waals surface area contributed by atoms with Gasteiger partial charge in [0.15, 0.2) is 0 Å². The fourth-order valence-corrected chi connectivity index (χ4v) is 0.518. The summed E-state index contributed by atoms with van der Waals surface area (Å²) in [5.41, 5.74) is 5.30. The van der Waals surface area contributed by atoms with Gasteiger partial charge in [0.2, 0.25) is 0 Å². The minimum atomic E-state index is -0.0694. The fraction of sp³-hybridized carbons (Fsp3) is 0.200. The second-order valence-corrected chi connectivity index (χ2v) is 1.53. The average Bonchev–Trinajstić information content (AvgIpc) is 1.87. The summed E-state index contributed by atoms with van der Waals surface area (Å²) in [6.07, 6.45) is 4.90. The van der Waals surface area contributed by atoms with Crippen molar-refractivity contribution >= 4 is 0 Å². The Hall–Kier alpha value is -0.760. The van der Waals surface area contributed by atoms with Gasteiger partial charge in [-0.05, 0) is 12.2 Å². The molecule has 38 valence electrons. The van der Waals surface area contributed by atoms with Gasteiger partial charge in [0.05, 0.1) is 0 Å². The van der Waals surface area contributed by atoms with Crippen molar-refractivity contribution in [3.63, 3.8) is 0 Å². The van der Waals surface area contributed by atoms with Crippen molar-refractivity contribution in [3.8, 4) is 0 Å². The summed E-state index contributed by atoms with van der Waals surface area (Å²) in [7, 11) is 0. The van der Waals surface area contributed by atoms with Gasteiger partial charge in [-0.25, -0.2) is 0 Å². The first-order valence-corrected chi connectivity index (χ1v) is 2.13. The maximum atomic E-state index is 8.59. The zero-order valence-corrected chi connectivity index (χ0v) is 3.83. The second-order valence-electron chi connectivity index (χ2n) is 1.53. The molecule has 1 rings (SSSR count). The summed E-state index contributed by atoms with van der Waals surface area (Å²) in [6.45, 7) is 0. The zero-order chi connectivity index (χ0) is 5.28. The molecule has 0 amide bonds. The smallest absolute Gasteiger partial charge is 0.113 e. The third-order valence-corrected chi connectivity index (χ3v) is 0.852. The van der Waals surface area contributed by atoms with E-state index in [-0.39, 0.29) is 11.8 Å². The van der Waals surface area contributed by atoms with Crippen LogP contribution < -0.4 is 5.73 Å². The molecule has 0 saturated heterocycles. The highest BCUT2D eigenvalue weighted by Gasteiger charge is 1.99. The highest BCUT2D eigenvalue weighted by atomic mass is 16.3. The van der Waals surface area contributed by atoms with Gasteiger partial charge in [0.1, 0.15) is 5.76 Å². The summed E-state index contributed by atoms with van der Waals surface area (Å²) in [5, 5.41) is 8.59. The van der Waals surface area contributed by atoms with Gasteiger partial charge < -0.3 is 10.8 Å². The van der Waals surface area contributed by atoms with Gasteiger partial charge in [-0.15, -0.1) is 0 Å². The summed E-state index contributed by atoms with van der Waals surface area (Å²) in [4.78, 5) is 0. The first-order valence-electron chi connectivity index (χ1n) is 2.13. The highest BCUT2D eigenvalue weighted by molar-refractivity contribution is 5.25. The van der Waals surface area contributed by atoms with Crippen LogP contribution in [0.15, 0.2) is 24.0 Å². The van der Waals surface area contributed by atoms with E-state index in [9.17, 15) is 0 Å². The maximum Gasteiger partial charge on any atom is 0.113 e. The van der Waals surface area contributed by atoms with Crippen LogP contribution in [0.3, 0.4) is 0 Å². The topological polar surface area (TPSA) is 46.2 Å². The molecule has 2 nitrogen and oxygen atoms in total. The minimum absolute atomic E-state index is 0.0694. The number of hydrogen-bond donors (Lipinski definition) is 2. The van der Waals surface area contributed by atoms with Crippen LogP contribution in [0.1, 0.15) is 0 Å². The molecular weight excluding hydrogens is 90.1 g/mol. The molecule has 0 aromatic rings. The summed E-state index contributed by atoms with van der Waals surface area (Å²) < 4.78 is 0. The van der Waals surface area contributed by atoms with Crippen LogP contribution in [0.5, 0.6) is 0 Å². The molecule has 0 aromatic carbocycles. The second kappa shape index (κ2) is 1.39. The standard InChI is InChI=1S/C5H7NO/c6-4-1-2-5(7)3-4/h1-4,7H,6H2. The van der Waals surface area contributed by atoms with Crippen LogP contribution in [0, 0.1) is 0 Å². The predicted molar refractivity (Wildman–Crippen MR) is 27.8 cm³/mol. The summed E-state index contributed by atoms with van der Waals surface area (Å²) in [6, 6.07) is -0.0694. The van der Waals surface area contributed by atoms with E-state index in [1.54, 1.807) is 18.2 Å².